The van der Waals surface area contributed by atoms with E-state index in [0.29, 0.717) is 5.56 Å². The number of rotatable bonds is 1. The zero-order chi connectivity index (χ0) is 7.56. The number of hydrogen-bond donors (Lipinski definition) is 1. The van der Waals surface area contributed by atoms with Gasteiger partial charge in [-0.15, -0.1) is 12.4 Å². The van der Waals surface area contributed by atoms with Crippen molar-refractivity contribution < 1.29 is 4.39 Å². The maximum Gasteiger partial charge on any atom is 0.127 e. The highest BCUT2D eigenvalue weighted by Crippen LogP contribution is 2.14. The fraction of sp³-hybridized carbons (Fsp3) is 0.143. The summed E-state index contributed by atoms with van der Waals surface area (Å²) in [5.74, 6) is -0.245. The van der Waals surface area contributed by atoms with E-state index in [9.17, 15) is 4.39 Å². The van der Waals surface area contributed by atoms with Crippen molar-refractivity contribution in [3.63, 3.8) is 0 Å². The molecule has 2 N–H and O–H groups in total. The summed E-state index contributed by atoms with van der Waals surface area (Å²) in [5, 5.41) is 0. The SMILES string of the molecule is Cl.NCc1cc(Br)ccc1F. The van der Waals surface area contributed by atoms with Crippen LogP contribution in [0.5, 0.6) is 0 Å². The Balaban J connectivity index is 0.000001000. The minimum atomic E-state index is -0.245. The van der Waals surface area contributed by atoms with E-state index in [4.69, 9.17) is 5.73 Å². The molecule has 1 nitrogen and oxygen atoms in total. The zero-order valence-electron chi connectivity index (χ0n) is 5.68. The fourth-order valence-corrected chi connectivity index (χ4v) is 1.11. The molecule has 4 heteroatoms. The molecular formula is C7H8BrClFN. The lowest BCUT2D eigenvalue weighted by atomic mass is 10.2. The molecular weight excluding hydrogens is 232 g/mol. The molecule has 1 aromatic carbocycles. The van der Waals surface area contributed by atoms with Gasteiger partial charge in [0, 0.05) is 16.6 Å². The van der Waals surface area contributed by atoms with E-state index in [1.54, 1.807) is 12.1 Å². The van der Waals surface area contributed by atoms with Gasteiger partial charge in [-0.1, -0.05) is 15.9 Å². The quantitative estimate of drug-likeness (QED) is 0.802. The number of halogens is 3. The minimum absolute atomic E-state index is 0. The Kier molecular flexibility index (Phi) is 4.65. The lowest BCUT2D eigenvalue weighted by molar-refractivity contribution is 0.610. The van der Waals surface area contributed by atoms with E-state index in [0.717, 1.165) is 4.47 Å². The number of hydrogen-bond acceptors (Lipinski definition) is 1. The van der Waals surface area contributed by atoms with Gasteiger partial charge in [-0.3, -0.25) is 0 Å². The summed E-state index contributed by atoms with van der Waals surface area (Å²) >= 11 is 3.21. The first kappa shape index (κ1) is 10.9. The molecule has 0 atom stereocenters. The van der Waals surface area contributed by atoms with Gasteiger partial charge in [0.05, 0.1) is 0 Å². The highest BCUT2D eigenvalue weighted by atomic mass is 79.9. The summed E-state index contributed by atoms with van der Waals surface area (Å²) in [7, 11) is 0. The lowest BCUT2D eigenvalue weighted by Crippen LogP contribution is -1.98. The number of nitrogens with two attached hydrogens (primary N) is 1. The van der Waals surface area contributed by atoms with Gasteiger partial charge in [0.15, 0.2) is 0 Å². The molecule has 0 aliphatic rings. The van der Waals surface area contributed by atoms with Crippen molar-refractivity contribution in [2.24, 2.45) is 5.73 Å². The third-order valence-corrected chi connectivity index (χ3v) is 1.72. The Morgan fingerprint density at radius 1 is 1.45 bits per heavy atom. The van der Waals surface area contributed by atoms with Crippen molar-refractivity contribution >= 4 is 28.3 Å². The van der Waals surface area contributed by atoms with Crippen molar-refractivity contribution in [2.75, 3.05) is 0 Å². The lowest BCUT2D eigenvalue weighted by Gasteiger charge is -1.98. The van der Waals surface area contributed by atoms with Crippen molar-refractivity contribution in [3.05, 3.63) is 34.1 Å². The fourth-order valence-electron chi connectivity index (χ4n) is 0.700. The molecule has 0 amide bonds. The first-order valence-corrected chi connectivity index (χ1v) is 3.67. The molecule has 0 saturated heterocycles. The predicted octanol–water partition coefficient (Wildman–Crippen LogP) is 2.47. The van der Waals surface area contributed by atoms with E-state index >= 15 is 0 Å². The smallest absolute Gasteiger partial charge is 0.127 e. The molecule has 0 aliphatic heterocycles. The van der Waals surface area contributed by atoms with Gasteiger partial charge in [-0.2, -0.15) is 0 Å². The van der Waals surface area contributed by atoms with Gasteiger partial charge in [0.25, 0.3) is 0 Å². The van der Waals surface area contributed by atoms with Gasteiger partial charge in [0.1, 0.15) is 5.82 Å². The molecule has 0 fully saturated rings. The van der Waals surface area contributed by atoms with Crippen LogP contribution >= 0.6 is 28.3 Å². The Morgan fingerprint density at radius 3 is 2.55 bits per heavy atom. The van der Waals surface area contributed by atoms with Crippen molar-refractivity contribution in [1.29, 1.82) is 0 Å². The maximum absolute atomic E-state index is 12.7. The van der Waals surface area contributed by atoms with Crippen LogP contribution in [0.1, 0.15) is 5.56 Å². The van der Waals surface area contributed by atoms with Crippen LogP contribution in [0.25, 0.3) is 0 Å². The maximum atomic E-state index is 12.7. The Labute approximate surface area is 79.3 Å². The first-order chi connectivity index (χ1) is 4.74. The second-order valence-electron chi connectivity index (χ2n) is 1.94. The Bertz CT molecular complexity index is 242. The molecule has 0 bridgehead atoms. The average Bonchev–Trinajstić information content (AvgIpc) is 1.94. The molecule has 0 aliphatic carbocycles. The molecule has 0 aromatic heterocycles. The summed E-state index contributed by atoms with van der Waals surface area (Å²) in [5.41, 5.74) is 5.80. The molecule has 0 radical (unpaired) electrons. The molecule has 0 heterocycles. The van der Waals surface area contributed by atoms with Crippen LogP contribution in [0, 0.1) is 5.82 Å². The molecule has 1 rings (SSSR count). The van der Waals surface area contributed by atoms with Crippen molar-refractivity contribution in [3.8, 4) is 0 Å². The zero-order valence-corrected chi connectivity index (χ0v) is 8.08. The molecule has 62 valence electrons. The van der Waals surface area contributed by atoms with E-state index in [-0.39, 0.29) is 24.8 Å². The van der Waals surface area contributed by atoms with Crippen molar-refractivity contribution in [1.82, 2.24) is 0 Å². The summed E-state index contributed by atoms with van der Waals surface area (Å²) in [4.78, 5) is 0. The summed E-state index contributed by atoms with van der Waals surface area (Å²) in [6.07, 6.45) is 0. The van der Waals surface area contributed by atoms with Gasteiger partial charge < -0.3 is 5.73 Å². The van der Waals surface area contributed by atoms with Gasteiger partial charge in [-0.05, 0) is 18.2 Å². The Hall–Kier alpha value is -0.120. The van der Waals surface area contributed by atoms with Crippen LogP contribution in [0.2, 0.25) is 0 Å². The van der Waals surface area contributed by atoms with Gasteiger partial charge in [0.2, 0.25) is 0 Å². The highest BCUT2D eigenvalue weighted by molar-refractivity contribution is 9.10. The van der Waals surface area contributed by atoms with Crippen LogP contribution in [-0.2, 0) is 6.54 Å². The topological polar surface area (TPSA) is 26.0 Å². The standard InChI is InChI=1S/C7H7BrFN.ClH/c8-6-1-2-7(9)5(3-6)4-10;/h1-3H,4,10H2;1H. The molecule has 0 spiro atoms. The molecule has 11 heavy (non-hydrogen) atoms. The second kappa shape index (κ2) is 4.70. The van der Waals surface area contributed by atoms with Crippen LogP contribution in [-0.4, -0.2) is 0 Å². The summed E-state index contributed by atoms with van der Waals surface area (Å²) in [6.45, 7) is 0.241. The van der Waals surface area contributed by atoms with Gasteiger partial charge in [-0.25, -0.2) is 4.39 Å². The molecule has 0 unspecified atom stereocenters. The molecule has 0 saturated carbocycles. The van der Waals surface area contributed by atoms with Crippen LogP contribution in [0.3, 0.4) is 0 Å². The third-order valence-electron chi connectivity index (χ3n) is 1.23. The normalized spacial score (nSPS) is 9.00. The molecule has 1 aromatic rings. The van der Waals surface area contributed by atoms with E-state index in [1.807, 2.05) is 0 Å². The van der Waals surface area contributed by atoms with Crippen molar-refractivity contribution in [2.45, 2.75) is 6.54 Å². The monoisotopic (exact) mass is 239 g/mol. The van der Waals surface area contributed by atoms with Crippen LogP contribution < -0.4 is 5.73 Å². The summed E-state index contributed by atoms with van der Waals surface area (Å²) in [6, 6.07) is 4.72. The largest absolute Gasteiger partial charge is 0.326 e. The van der Waals surface area contributed by atoms with E-state index < -0.39 is 0 Å². The van der Waals surface area contributed by atoms with E-state index in [2.05, 4.69) is 15.9 Å². The minimum Gasteiger partial charge on any atom is -0.326 e. The predicted molar refractivity (Wildman–Crippen MR) is 49.2 cm³/mol. The first-order valence-electron chi connectivity index (χ1n) is 2.88. The Morgan fingerprint density at radius 2 is 2.09 bits per heavy atom. The summed E-state index contributed by atoms with van der Waals surface area (Å²) < 4.78 is 13.5. The van der Waals surface area contributed by atoms with Gasteiger partial charge >= 0.3 is 0 Å². The second-order valence-corrected chi connectivity index (χ2v) is 2.86. The number of benzene rings is 1. The van der Waals surface area contributed by atoms with Crippen LogP contribution in [0.4, 0.5) is 4.39 Å². The van der Waals surface area contributed by atoms with Crippen LogP contribution in [0.15, 0.2) is 22.7 Å². The third kappa shape index (κ3) is 2.77. The highest BCUT2D eigenvalue weighted by Gasteiger charge is 1.98. The average molecular weight is 241 g/mol. The van der Waals surface area contributed by atoms with E-state index in [1.165, 1.54) is 6.07 Å².